The van der Waals surface area contributed by atoms with Gasteiger partial charge in [0.1, 0.15) is 11.9 Å². The van der Waals surface area contributed by atoms with Crippen molar-refractivity contribution in [1.29, 1.82) is 0 Å². The van der Waals surface area contributed by atoms with E-state index in [0.29, 0.717) is 13.0 Å². The van der Waals surface area contributed by atoms with Gasteiger partial charge in [-0.15, -0.1) is 0 Å². The van der Waals surface area contributed by atoms with E-state index < -0.39 is 30.6 Å². The summed E-state index contributed by atoms with van der Waals surface area (Å²) in [7, 11) is 0. The molecule has 1 atom stereocenters. The minimum absolute atomic E-state index is 0.0242. The average Bonchev–Trinajstić information content (AvgIpc) is 2.99. The zero-order valence-corrected chi connectivity index (χ0v) is 16.0. The molecule has 158 valence electrons. The van der Waals surface area contributed by atoms with Gasteiger partial charge in [0.2, 0.25) is 5.95 Å². The number of unbranched alkanes of at least 4 members (excludes halogenated alkanes) is 1. The lowest BCUT2D eigenvalue weighted by Crippen LogP contribution is -2.24. The molecule has 1 aromatic heterocycles. The Balaban J connectivity index is 2.26. The summed E-state index contributed by atoms with van der Waals surface area (Å²) in [6.07, 6.45) is -4.27. The van der Waals surface area contributed by atoms with Crippen molar-refractivity contribution in [3.63, 3.8) is 0 Å². The number of imidazole rings is 1. The summed E-state index contributed by atoms with van der Waals surface area (Å²) in [4.78, 5) is 28.2. The van der Waals surface area contributed by atoms with Crippen LogP contribution in [0.4, 0.5) is 19.1 Å². The SMILES string of the molecule is CCCCn1cc(CC(F)(F)F)nc1NC(=O)c1ccccc1OC(=O)C(C)O. The second-order valence-electron chi connectivity index (χ2n) is 6.44. The van der Waals surface area contributed by atoms with Crippen molar-refractivity contribution < 1.29 is 32.6 Å². The number of benzene rings is 1. The predicted octanol–water partition coefficient (Wildman–Crippen LogP) is 3.33. The fourth-order valence-electron chi connectivity index (χ4n) is 2.47. The van der Waals surface area contributed by atoms with Crippen molar-refractivity contribution in [1.82, 2.24) is 9.55 Å². The third-order valence-corrected chi connectivity index (χ3v) is 3.87. The van der Waals surface area contributed by atoms with E-state index in [4.69, 9.17) is 4.74 Å². The normalized spacial score (nSPS) is 12.5. The number of anilines is 1. The van der Waals surface area contributed by atoms with Crippen LogP contribution in [0.15, 0.2) is 30.5 Å². The van der Waals surface area contributed by atoms with Crippen LogP contribution in [-0.2, 0) is 17.8 Å². The highest BCUT2D eigenvalue weighted by Crippen LogP contribution is 2.24. The van der Waals surface area contributed by atoms with Crippen LogP contribution in [0.5, 0.6) is 5.75 Å². The molecule has 0 saturated heterocycles. The monoisotopic (exact) mass is 413 g/mol. The fourth-order valence-corrected chi connectivity index (χ4v) is 2.47. The first-order valence-corrected chi connectivity index (χ1v) is 9.03. The Bertz CT molecular complexity index is 863. The molecular weight excluding hydrogens is 391 g/mol. The van der Waals surface area contributed by atoms with Crippen LogP contribution < -0.4 is 10.1 Å². The zero-order chi connectivity index (χ0) is 21.6. The van der Waals surface area contributed by atoms with E-state index in [-0.39, 0.29) is 23.0 Å². The number of hydrogen-bond donors (Lipinski definition) is 2. The molecule has 0 spiro atoms. The molecule has 10 heteroatoms. The third-order valence-electron chi connectivity index (χ3n) is 3.87. The molecule has 0 aliphatic carbocycles. The molecule has 2 aromatic rings. The zero-order valence-electron chi connectivity index (χ0n) is 16.0. The number of nitrogens with one attached hydrogen (secondary N) is 1. The summed E-state index contributed by atoms with van der Waals surface area (Å²) in [5, 5.41) is 11.8. The lowest BCUT2D eigenvalue weighted by molar-refractivity contribution is -0.142. The highest BCUT2D eigenvalue weighted by Gasteiger charge is 2.30. The molecule has 0 aliphatic heterocycles. The molecule has 7 nitrogen and oxygen atoms in total. The Labute approximate surface area is 165 Å². The highest BCUT2D eigenvalue weighted by molar-refractivity contribution is 6.05. The first kappa shape index (κ1) is 22.4. The summed E-state index contributed by atoms with van der Waals surface area (Å²) >= 11 is 0. The molecule has 0 fully saturated rings. The number of nitrogens with zero attached hydrogens (tertiary/aromatic N) is 2. The Hall–Kier alpha value is -2.88. The molecule has 1 amide bonds. The predicted molar refractivity (Wildman–Crippen MR) is 98.6 cm³/mol. The molecule has 1 unspecified atom stereocenters. The van der Waals surface area contributed by atoms with E-state index in [1.165, 1.54) is 42.0 Å². The number of halogens is 3. The number of aryl methyl sites for hydroxylation is 1. The standard InChI is InChI=1S/C19H22F3N3O4/c1-3-4-9-25-11-13(10-19(20,21)22)23-18(25)24-16(27)14-7-5-6-8-15(14)29-17(28)12(2)26/h5-8,11-12,26H,3-4,9-10H2,1-2H3,(H,23,24,27). The Morgan fingerprint density at radius 1 is 1.31 bits per heavy atom. The van der Waals surface area contributed by atoms with Crippen molar-refractivity contribution in [2.45, 2.75) is 51.9 Å². The van der Waals surface area contributed by atoms with E-state index in [2.05, 4.69) is 10.3 Å². The van der Waals surface area contributed by atoms with Crippen LogP contribution >= 0.6 is 0 Å². The molecule has 0 bridgehead atoms. The van der Waals surface area contributed by atoms with Crippen LogP contribution in [-0.4, -0.2) is 38.8 Å². The van der Waals surface area contributed by atoms with Crippen molar-refractivity contribution in [2.75, 3.05) is 5.32 Å². The molecule has 0 aliphatic rings. The number of amides is 1. The maximum atomic E-state index is 12.7. The van der Waals surface area contributed by atoms with Gasteiger partial charge in [-0.3, -0.25) is 10.1 Å². The average molecular weight is 413 g/mol. The largest absolute Gasteiger partial charge is 0.424 e. The first-order valence-electron chi connectivity index (χ1n) is 9.03. The van der Waals surface area contributed by atoms with Gasteiger partial charge in [0.25, 0.3) is 5.91 Å². The highest BCUT2D eigenvalue weighted by atomic mass is 19.4. The van der Waals surface area contributed by atoms with Crippen LogP contribution in [0.1, 0.15) is 42.7 Å². The number of rotatable bonds is 8. The molecule has 0 saturated carbocycles. The van der Waals surface area contributed by atoms with Gasteiger partial charge >= 0.3 is 12.1 Å². The first-order chi connectivity index (χ1) is 13.6. The van der Waals surface area contributed by atoms with E-state index in [0.717, 1.165) is 6.42 Å². The Morgan fingerprint density at radius 3 is 2.62 bits per heavy atom. The van der Waals surface area contributed by atoms with Crippen molar-refractivity contribution in [3.05, 3.63) is 41.7 Å². The lowest BCUT2D eigenvalue weighted by atomic mass is 10.2. The second kappa shape index (κ2) is 9.55. The summed E-state index contributed by atoms with van der Waals surface area (Å²) in [5.74, 6) is -1.76. The fraction of sp³-hybridized carbons (Fsp3) is 0.421. The second-order valence-corrected chi connectivity index (χ2v) is 6.44. The number of aliphatic hydroxyl groups is 1. The Kier molecular flexibility index (Phi) is 7.38. The molecular formula is C19H22F3N3O4. The van der Waals surface area contributed by atoms with Crippen LogP contribution in [0.2, 0.25) is 0 Å². The van der Waals surface area contributed by atoms with Crippen LogP contribution in [0.25, 0.3) is 0 Å². The molecule has 2 N–H and O–H groups in total. The molecule has 1 aromatic carbocycles. The minimum atomic E-state index is -4.42. The molecule has 1 heterocycles. The number of carbonyl (C=O) groups excluding carboxylic acids is 2. The lowest BCUT2D eigenvalue weighted by Gasteiger charge is -2.12. The van der Waals surface area contributed by atoms with Gasteiger partial charge < -0.3 is 14.4 Å². The van der Waals surface area contributed by atoms with Crippen molar-refractivity contribution in [3.8, 4) is 5.75 Å². The van der Waals surface area contributed by atoms with E-state index in [1.54, 1.807) is 0 Å². The summed E-state index contributed by atoms with van der Waals surface area (Å²) in [5.41, 5.74) is -0.235. The van der Waals surface area contributed by atoms with Crippen molar-refractivity contribution in [2.24, 2.45) is 0 Å². The van der Waals surface area contributed by atoms with Gasteiger partial charge in [0, 0.05) is 12.7 Å². The van der Waals surface area contributed by atoms with Crippen LogP contribution in [0.3, 0.4) is 0 Å². The Morgan fingerprint density at radius 2 is 2.00 bits per heavy atom. The maximum Gasteiger partial charge on any atom is 0.394 e. The van der Waals surface area contributed by atoms with Gasteiger partial charge in [-0.1, -0.05) is 25.5 Å². The number of aromatic nitrogens is 2. The topological polar surface area (TPSA) is 93.5 Å². The third kappa shape index (κ3) is 6.60. The number of alkyl halides is 3. The van der Waals surface area contributed by atoms with Gasteiger partial charge in [0.15, 0.2) is 0 Å². The molecule has 0 radical (unpaired) electrons. The number of carbonyl (C=O) groups is 2. The molecule has 29 heavy (non-hydrogen) atoms. The summed E-state index contributed by atoms with van der Waals surface area (Å²) in [6.45, 7) is 3.53. The van der Waals surface area contributed by atoms with Crippen molar-refractivity contribution >= 4 is 17.8 Å². The number of aliphatic hydroxyl groups excluding tert-OH is 1. The number of esters is 1. The van der Waals surface area contributed by atoms with E-state index >= 15 is 0 Å². The maximum absolute atomic E-state index is 12.7. The van der Waals surface area contributed by atoms with Gasteiger partial charge in [0.05, 0.1) is 17.7 Å². The van der Waals surface area contributed by atoms with Gasteiger partial charge in [-0.2, -0.15) is 13.2 Å². The van der Waals surface area contributed by atoms with Gasteiger partial charge in [-0.05, 0) is 25.5 Å². The number of ether oxygens (including phenoxy) is 1. The smallest absolute Gasteiger partial charge is 0.394 e. The van der Waals surface area contributed by atoms with Gasteiger partial charge in [-0.25, -0.2) is 9.78 Å². The summed E-state index contributed by atoms with van der Waals surface area (Å²) < 4.78 is 44.5. The van der Waals surface area contributed by atoms with Crippen LogP contribution in [0, 0.1) is 0 Å². The molecule has 2 rings (SSSR count). The summed E-state index contributed by atoms with van der Waals surface area (Å²) in [6, 6.07) is 5.82. The number of para-hydroxylation sites is 1. The minimum Gasteiger partial charge on any atom is -0.424 e. The van der Waals surface area contributed by atoms with E-state index in [9.17, 15) is 27.9 Å². The number of hydrogen-bond acceptors (Lipinski definition) is 5. The van der Waals surface area contributed by atoms with E-state index in [1.807, 2.05) is 6.92 Å². The quantitative estimate of drug-likeness (QED) is 0.512.